The van der Waals surface area contributed by atoms with Gasteiger partial charge >= 0.3 is 0 Å². The minimum Gasteiger partial charge on any atom is -0.439 e. The molecule has 0 saturated carbocycles. The molecule has 10 heteroatoms. The van der Waals surface area contributed by atoms with Crippen LogP contribution in [0.15, 0.2) is 55.0 Å². The number of aromatic nitrogens is 3. The zero-order valence-corrected chi connectivity index (χ0v) is 16.7. The van der Waals surface area contributed by atoms with Crippen LogP contribution in [-0.4, -0.2) is 29.6 Å². The van der Waals surface area contributed by atoms with Crippen LogP contribution in [-0.2, 0) is 10.0 Å². The number of pyridine rings is 1. The minimum atomic E-state index is -3.32. The van der Waals surface area contributed by atoms with Crippen molar-refractivity contribution < 1.29 is 13.2 Å². The molecule has 1 unspecified atom stereocenters. The first-order valence-corrected chi connectivity index (χ1v) is 10.5. The number of nitrogens with zero attached hydrogens (tertiary/aromatic N) is 3. The van der Waals surface area contributed by atoms with Crippen LogP contribution in [0.25, 0.3) is 0 Å². The second kappa shape index (κ2) is 8.41. The Morgan fingerprint density at radius 2 is 1.75 bits per heavy atom. The fraction of sp³-hybridized carbons (Fsp3) is 0.167. The molecule has 1 atom stereocenters. The van der Waals surface area contributed by atoms with Gasteiger partial charge in [0.15, 0.2) is 0 Å². The number of sulfonamides is 1. The van der Waals surface area contributed by atoms with E-state index in [1.807, 2.05) is 13.0 Å². The molecule has 28 heavy (non-hydrogen) atoms. The predicted molar refractivity (Wildman–Crippen MR) is 108 cm³/mol. The lowest BCUT2D eigenvalue weighted by Gasteiger charge is -2.15. The molecule has 2 heterocycles. The number of halogens is 1. The molecule has 0 saturated heterocycles. The van der Waals surface area contributed by atoms with Crippen LogP contribution in [0.1, 0.15) is 18.5 Å². The molecule has 3 rings (SSSR count). The molecule has 8 nitrogen and oxygen atoms in total. The normalized spacial score (nSPS) is 12.2. The largest absolute Gasteiger partial charge is 0.439 e. The molecule has 3 aromatic rings. The van der Waals surface area contributed by atoms with E-state index in [0.29, 0.717) is 28.3 Å². The number of anilines is 2. The highest BCUT2D eigenvalue weighted by Gasteiger charge is 2.10. The molecular formula is C18H18ClN5O3S. The number of hydrogen-bond donors (Lipinski definition) is 2. The quantitative estimate of drug-likeness (QED) is 0.598. The van der Waals surface area contributed by atoms with E-state index < -0.39 is 10.0 Å². The first-order valence-electron chi connectivity index (χ1n) is 8.24. The summed E-state index contributed by atoms with van der Waals surface area (Å²) in [4.78, 5) is 12.4. The monoisotopic (exact) mass is 419 g/mol. The number of benzene rings is 1. The molecule has 2 aromatic heterocycles. The predicted octanol–water partition coefficient (Wildman–Crippen LogP) is 3.86. The van der Waals surface area contributed by atoms with Crippen molar-refractivity contribution >= 4 is 33.3 Å². The lowest BCUT2D eigenvalue weighted by Crippen LogP contribution is -2.09. The molecule has 0 radical (unpaired) electrons. The smallest absolute Gasteiger partial charge is 0.229 e. The van der Waals surface area contributed by atoms with Crippen LogP contribution >= 0.6 is 11.6 Å². The second-order valence-electron chi connectivity index (χ2n) is 6.02. The molecule has 0 bridgehead atoms. The highest BCUT2D eigenvalue weighted by molar-refractivity contribution is 7.92. The fourth-order valence-electron chi connectivity index (χ4n) is 2.34. The minimum absolute atomic E-state index is 0.0899. The topological polar surface area (TPSA) is 106 Å². The van der Waals surface area contributed by atoms with Crippen molar-refractivity contribution in [3.63, 3.8) is 0 Å². The molecule has 1 aromatic carbocycles. The lowest BCUT2D eigenvalue weighted by atomic mass is 10.1. The zero-order chi connectivity index (χ0) is 20.1. The highest BCUT2D eigenvalue weighted by Crippen LogP contribution is 2.25. The van der Waals surface area contributed by atoms with Gasteiger partial charge in [-0.25, -0.2) is 23.4 Å². The Bertz CT molecular complexity index is 1040. The third-order valence-corrected chi connectivity index (χ3v) is 4.41. The summed E-state index contributed by atoms with van der Waals surface area (Å²) in [6, 6.07) is 10.1. The Balaban J connectivity index is 1.68. The fourth-order valence-corrected chi connectivity index (χ4v) is 3.00. The Morgan fingerprint density at radius 3 is 2.39 bits per heavy atom. The van der Waals surface area contributed by atoms with E-state index in [1.165, 1.54) is 12.4 Å². The third kappa shape index (κ3) is 5.80. The summed E-state index contributed by atoms with van der Waals surface area (Å²) in [5, 5.41) is 3.64. The molecule has 0 aliphatic carbocycles. The number of ether oxygens (including phenoxy) is 1. The molecular weight excluding hydrogens is 402 g/mol. The summed E-state index contributed by atoms with van der Waals surface area (Å²) < 4.78 is 30.7. The number of nitrogens with one attached hydrogen (secondary N) is 2. The van der Waals surface area contributed by atoms with Gasteiger partial charge in [-0.1, -0.05) is 11.6 Å². The molecule has 146 valence electrons. The first-order chi connectivity index (χ1) is 13.3. The van der Waals surface area contributed by atoms with Gasteiger partial charge in [-0.05, 0) is 42.8 Å². The van der Waals surface area contributed by atoms with Gasteiger partial charge in [0.25, 0.3) is 0 Å². The van der Waals surface area contributed by atoms with E-state index in [0.717, 1.165) is 11.8 Å². The van der Waals surface area contributed by atoms with Crippen molar-refractivity contribution in [2.75, 3.05) is 16.3 Å². The van der Waals surface area contributed by atoms with Gasteiger partial charge < -0.3 is 10.1 Å². The lowest BCUT2D eigenvalue weighted by molar-refractivity contribution is 0.462. The maximum atomic E-state index is 11.3. The van der Waals surface area contributed by atoms with E-state index in [2.05, 4.69) is 25.0 Å². The summed E-state index contributed by atoms with van der Waals surface area (Å²) >= 11 is 5.79. The molecule has 0 fully saturated rings. The Hall–Kier alpha value is -2.91. The van der Waals surface area contributed by atoms with Crippen molar-refractivity contribution in [3.05, 3.63) is 65.6 Å². The van der Waals surface area contributed by atoms with Crippen molar-refractivity contribution in [2.45, 2.75) is 13.0 Å². The molecule has 0 aliphatic rings. The van der Waals surface area contributed by atoms with Gasteiger partial charge in [0.1, 0.15) is 5.75 Å². The second-order valence-corrected chi connectivity index (χ2v) is 8.20. The van der Waals surface area contributed by atoms with Crippen LogP contribution < -0.4 is 14.8 Å². The Labute approximate surface area is 168 Å². The van der Waals surface area contributed by atoms with Gasteiger partial charge in [-0.3, -0.25) is 4.72 Å². The van der Waals surface area contributed by atoms with Crippen LogP contribution in [0, 0.1) is 0 Å². The van der Waals surface area contributed by atoms with E-state index in [9.17, 15) is 8.42 Å². The molecule has 0 spiro atoms. The van der Waals surface area contributed by atoms with Crippen molar-refractivity contribution in [1.29, 1.82) is 0 Å². The van der Waals surface area contributed by atoms with Gasteiger partial charge in [0.05, 0.1) is 29.7 Å². The van der Waals surface area contributed by atoms with Crippen molar-refractivity contribution in [2.24, 2.45) is 0 Å². The summed E-state index contributed by atoms with van der Waals surface area (Å²) in [6.07, 6.45) is 5.78. The number of rotatable bonds is 7. The maximum Gasteiger partial charge on any atom is 0.229 e. The van der Waals surface area contributed by atoms with Crippen LogP contribution in [0.4, 0.5) is 11.6 Å². The third-order valence-electron chi connectivity index (χ3n) is 3.60. The summed E-state index contributed by atoms with van der Waals surface area (Å²) in [5.41, 5.74) is 1.39. The van der Waals surface area contributed by atoms with Gasteiger partial charge in [0.2, 0.25) is 21.9 Å². The summed E-state index contributed by atoms with van der Waals surface area (Å²) in [7, 11) is -3.32. The standard InChI is InChI=1S/C18H18ClN5O3S/c1-12(23-18-21-10-14(19)11-22-18)13-7-8-20-17(9-13)27-16-5-3-15(4-6-16)24-28(2,25)26/h3-12,24H,1-2H3,(H,21,22,23). The van der Waals surface area contributed by atoms with E-state index in [1.54, 1.807) is 36.5 Å². The van der Waals surface area contributed by atoms with Gasteiger partial charge in [-0.2, -0.15) is 0 Å². The average Bonchev–Trinajstić information content (AvgIpc) is 2.64. The van der Waals surface area contributed by atoms with Crippen LogP contribution in [0.5, 0.6) is 11.6 Å². The van der Waals surface area contributed by atoms with Gasteiger partial charge in [-0.15, -0.1) is 0 Å². The van der Waals surface area contributed by atoms with E-state index in [4.69, 9.17) is 16.3 Å². The maximum absolute atomic E-state index is 11.3. The van der Waals surface area contributed by atoms with Crippen LogP contribution in [0.3, 0.4) is 0 Å². The van der Waals surface area contributed by atoms with Crippen LogP contribution in [0.2, 0.25) is 5.02 Å². The highest BCUT2D eigenvalue weighted by atomic mass is 35.5. The van der Waals surface area contributed by atoms with E-state index in [-0.39, 0.29) is 6.04 Å². The number of hydrogen-bond acceptors (Lipinski definition) is 7. The Morgan fingerprint density at radius 1 is 1.07 bits per heavy atom. The molecule has 2 N–H and O–H groups in total. The van der Waals surface area contributed by atoms with Crippen molar-refractivity contribution in [3.8, 4) is 11.6 Å². The van der Waals surface area contributed by atoms with E-state index >= 15 is 0 Å². The molecule has 0 amide bonds. The summed E-state index contributed by atoms with van der Waals surface area (Å²) in [5.74, 6) is 1.41. The summed E-state index contributed by atoms with van der Waals surface area (Å²) in [6.45, 7) is 1.96. The first kappa shape index (κ1) is 19.8. The average molecular weight is 420 g/mol. The van der Waals surface area contributed by atoms with Gasteiger partial charge in [0, 0.05) is 18.0 Å². The molecule has 0 aliphatic heterocycles. The SMILES string of the molecule is CC(Nc1ncc(Cl)cn1)c1ccnc(Oc2ccc(NS(C)(=O)=O)cc2)c1. The zero-order valence-electron chi connectivity index (χ0n) is 15.1. The Kier molecular flexibility index (Phi) is 5.96. The van der Waals surface area contributed by atoms with Crippen molar-refractivity contribution in [1.82, 2.24) is 15.0 Å².